The Labute approximate surface area is 259 Å². The fourth-order valence-electron chi connectivity index (χ4n) is 8.44. The number of ether oxygens (including phenoxy) is 1. The summed E-state index contributed by atoms with van der Waals surface area (Å²) < 4.78 is 20.6. The number of aromatic nitrogens is 3. The summed E-state index contributed by atoms with van der Waals surface area (Å²) in [6, 6.07) is -0.0449. The zero-order chi connectivity index (χ0) is 30.9. The van der Waals surface area contributed by atoms with Crippen molar-refractivity contribution in [2.24, 2.45) is 11.3 Å². The van der Waals surface area contributed by atoms with E-state index >= 15 is 0 Å². The van der Waals surface area contributed by atoms with Crippen LogP contribution in [0.2, 0.25) is 0 Å². The van der Waals surface area contributed by atoms with E-state index < -0.39 is 5.82 Å². The molecule has 4 N–H and O–H groups in total. The molecule has 2 atom stereocenters. The molecule has 12 heteroatoms. The van der Waals surface area contributed by atoms with Crippen molar-refractivity contribution in [2.75, 3.05) is 52.1 Å². The van der Waals surface area contributed by atoms with Crippen molar-refractivity contribution in [3.05, 3.63) is 23.8 Å². The number of halogens is 1. The second-order valence-corrected chi connectivity index (χ2v) is 14.0. The number of amides is 2. The van der Waals surface area contributed by atoms with Crippen molar-refractivity contribution in [1.82, 2.24) is 35.0 Å². The fourth-order valence-corrected chi connectivity index (χ4v) is 8.44. The normalized spacial score (nSPS) is 26.8. The smallest absolute Gasteiger partial charge is 0.259 e. The highest BCUT2D eigenvalue weighted by Crippen LogP contribution is 2.43. The molecule has 4 fully saturated rings. The largest absolute Gasteiger partial charge is 0.381 e. The van der Waals surface area contributed by atoms with E-state index in [1.165, 1.54) is 55.7 Å². The first-order chi connectivity index (χ1) is 21.2. The first-order valence-corrected chi connectivity index (χ1v) is 16.6. The highest BCUT2D eigenvalue weighted by atomic mass is 19.1. The minimum absolute atomic E-state index is 0.0101. The summed E-state index contributed by atoms with van der Waals surface area (Å²) in [5, 5.41) is 11.2. The van der Waals surface area contributed by atoms with Gasteiger partial charge in [-0.2, -0.15) is 0 Å². The van der Waals surface area contributed by atoms with Gasteiger partial charge in [-0.25, -0.2) is 13.9 Å². The van der Waals surface area contributed by atoms with Crippen LogP contribution in [0.25, 0.3) is 5.65 Å². The van der Waals surface area contributed by atoms with Crippen LogP contribution >= 0.6 is 0 Å². The van der Waals surface area contributed by atoms with Gasteiger partial charge < -0.3 is 26.0 Å². The molecule has 0 bridgehead atoms. The molecule has 5 heterocycles. The molecule has 3 saturated heterocycles. The highest BCUT2D eigenvalue weighted by Gasteiger charge is 2.50. The number of likely N-dealkylation sites (tertiary alicyclic amines) is 2. The monoisotopic (exact) mass is 612 g/mol. The lowest BCUT2D eigenvalue weighted by atomic mass is 9.66. The number of nitrogens with two attached hydrogens (primary N) is 1. The standard InChI is InChI=1S/C32H49FN8O3/c1-31(44-2)20-40(21-31)30(43)22-10-14-39(15-11-22)26-24(17-35-19-32(26)12-8-6-4-3-5-7-9-13-32)37-29(42)25-27(34)38-41-18-23(33)16-36-28(25)41/h16,18,22,24,26,35H,3-15,17,19-21H2,1-2H3,(H2,34,38)(H,37,42). The molecule has 1 aliphatic carbocycles. The fraction of sp³-hybridized carbons (Fsp3) is 0.750. The zero-order valence-electron chi connectivity index (χ0n) is 26.3. The number of piperidine rings is 2. The van der Waals surface area contributed by atoms with Gasteiger partial charge in [0.1, 0.15) is 5.56 Å². The number of anilines is 1. The summed E-state index contributed by atoms with van der Waals surface area (Å²) in [5.41, 5.74) is 6.38. The summed E-state index contributed by atoms with van der Waals surface area (Å²) in [4.78, 5) is 35.9. The molecule has 1 spiro atoms. The Morgan fingerprint density at radius 1 is 1.09 bits per heavy atom. The summed E-state index contributed by atoms with van der Waals surface area (Å²) in [6.07, 6.45) is 14.8. The predicted molar refractivity (Wildman–Crippen MR) is 166 cm³/mol. The third-order valence-electron chi connectivity index (χ3n) is 10.8. The number of methoxy groups -OCH3 is 1. The van der Waals surface area contributed by atoms with Crippen molar-refractivity contribution < 1.29 is 18.7 Å². The SMILES string of the molecule is COC1(C)CN(C(=O)C2CCN(C3C(NC(=O)c4c(N)nn5cc(F)cnc45)CNCC34CCCCCCCCC4)CC2)C1. The Balaban J connectivity index is 1.23. The molecule has 0 aromatic carbocycles. The predicted octanol–water partition coefficient (Wildman–Crippen LogP) is 2.99. The van der Waals surface area contributed by atoms with E-state index in [9.17, 15) is 14.0 Å². The quantitative estimate of drug-likeness (QED) is 0.470. The Bertz CT molecular complexity index is 1330. The van der Waals surface area contributed by atoms with E-state index in [2.05, 4.69) is 32.5 Å². The van der Waals surface area contributed by atoms with Crippen LogP contribution in [0.15, 0.2) is 12.4 Å². The topological polar surface area (TPSA) is 130 Å². The zero-order valence-corrected chi connectivity index (χ0v) is 26.3. The second kappa shape index (κ2) is 12.9. The molecule has 2 amide bonds. The molecular formula is C32H49FN8O3. The molecule has 0 radical (unpaired) electrons. The maximum Gasteiger partial charge on any atom is 0.259 e. The second-order valence-electron chi connectivity index (χ2n) is 14.0. The molecule has 2 aromatic rings. The third kappa shape index (κ3) is 6.17. The van der Waals surface area contributed by atoms with E-state index in [-0.39, 0.29) is 57.9 Å². The minimum Gasteiger partial charge on any atom is -0.381 e. The lowest BCUT2D eigenvalue weighted by molar-refractivity contribution is -0.163. The van der Waals surface area contributed by atoms with E-state index in [4.69, 9.17) is 10.5 Å². The summed E-state index contributed by atoms with van der Waals surface area (Å²) in [6.45, 7) is 6.57. The van der Waals surface area contributed by atoms with Crippen molar-refractivity contribution >= 4 is 23.3 Å². The van der Waals surface area contributed by atoms with Gasteiger partial charge in [-0.3, -0.25) is 14.5 Å². The number of carbonyl (C=O) groups is 2. The van der Waals surface area contributed by atoms with Gasteiger partial charge in [0.15, 0.2) is 17.3 Å². The van der Waals surface area contributed by atoms with E-state index in [1.807, 2.05) is 4.90 Å². The van der Waals surface area contributed by atoms with Gasteiger partial charge in [0.05, 0.1) is 37.1 Å². The Hall–Kier alpha value is -2.83. The molecule has 3 aliphatic heterocycles. The molecular weight excluding hydrogens is 563 g/mol. The number of nitrogen functional groups attached to an aromatic ring is 1. The maximum atomic E-state index is 13.9. The molecule has 2 aromatic heterocycles. The average molecular weight is 613 g/mol. The number of rotatable bonds is 5. The molecule has 44 heavy (non-hydrogen) atoms. The van der Waals surface area contributed by atoms with E-state index in [0.717, 1.165) is 51.5 Å². The van der Waals surface area contributed by atoms with Crippen LogP contribution in [0.3, 0.4) is 0 Å². The molecule has 6 rings (SSSR count). The van der Waals surface area contributed by atoms with Gasteiger partial charge in [-0.15, -0.1) is 5.10 Å². The lowest BCUT2D eigenvalue weighted by Crippen LogP contribution is -2.69. The van der Waals surface area contributed by atoms with Gasteiger partial charge in [0.2, 0.25) is 5.91 Å². The number of fused-ring (bicyclic) bond motifs is 1. The Morgan fingerprint density at radius 3 is 2.41 bits per heavy atom. The van der Waals surface area contributed by atoms with Crippen molar-refractivity contribution in [3.63, 3.8) is 0 Å². The summed E-state index contributed by atoms with van der Waals surface area (Å²) in [7, 11) is 1.71. The van der Waals surface area contributed by atoms with Gasteiger partial charge in [-0.1, -0.05) is 44.9 Å². The van der Waals surface area contributed by atoms with Crippen LogP contribution in [-0.2, 0) is 9.53 Å². The molecule has 2 unspecified atom stereocenters. The highest BCUT2D eigenvalue weighted by molar-refractivity contribution is 6.04. The number of nitrogens with zero attached hydrogens (tertiary/aromatic N) is 5. The van der Waals surface area contributed by atoms with Crippen LogP contribution in [0.5, 0.6) is 0 Å². The minimum atomic E-state index is -0.551. The number of nitrogens with one attached hydrogen (secondary N) is 2. The van der Waals surface area contributed by atoms with E-state index in [0.29, 0.717) is 19.6 Å². The number of hydrogen-bond donors (Lipinski definition) is 3. The van der Waals surface area contributed by atoms with Crippen molar-refractivity contribution in [1.29, 1.82) is 0 Å². The van der Waals surface area contributed by atoms with Crippen molar-refractivity contribution in [2.45, 2.75) is 95.2 Å². The van der Waals surface area contributed by atoms with Crippen LogP contribution in [0, 0.1) is 17.2 Å². The van der Waals surface area contributed by atoms with Gasteiger partial charge in [0, 0.05) is 37.6 Å². The average Bonchev–Trinajstić information content (AvgIpc) is 3.33. The van der Waals surface area contributed by atoms with Crippen molar-refractivity contribution in [3.8, 4) is 0 Å². The molecule has 11 nitrogen and oxygen atoms in total. The first-order valence-electron chi connectivity index (χ1n) is 16.6. The third-order valence-corrected chi connectivity index (χ3v) is 10.8. The lowest BCUT2D eigenvalue weighted by Gasteiger charge is -2.55. The molecule has 4 aliphatic rings. The summed E-state index contributed by atoms with van der Waals surface area (Å²) in [5.74, 6) is -0.591. The number of carbonyl (C=O) groups excluding carboxylic acids is 2. The van der Waals surface area contributed by atoms with E-state index in [1.54, 1.807) is 7.11 Å². The van der Waals surface area contributed by atoms with Crippen LogP contribution < -0.4 is 16.4 Å². The van der Waals surface area contributed by atoms with Gasteiger partial charge in [-0.05, 0) is 45.7 Å². The Morgan fingerprint density at radius 2 is 1.75 bits per heavy atom. The molecule has 1 saturated carbocycles. The maximum absolute atomic E-state index is 13.9. The number of hydrogen-bond acceptors (Lipinski definition) is 8. The molecule has 242 valence electrons. The van der Waals surface area contributed by atoms with Gasteiger partial charge in [0.25, 0.3) is 5.91 Å². The van der Waals surface area contributed by atoms with Crippen LogP contribution in [0.4, 0.5) is 10.2 Å². The van der Waals surface area contributed by atoms with Crippen LogP contribution in [0.1, 0.15) is 87.9 Å². The van der Waals surface area contributed by atoms with Crippen LogP contribution in [-0.4, -0.2) is 100 Å². The summed E-state index contributed by atoms with van der Waals surface area (Å²) >= 11 is 0. The van der Waals surface area contributed by atoms with Gasteiger partial charge >= 0.3 is 0 Å². The Kier molecular flexibility index (Phi) is 9.12. The first kappa shape index (κ1) is 31.2.